The van der Waals surface area contributed by atoms with Crippen molar-refractivity contribution in [3.8, 4) is 0 Å². The van der Waals surface area contributed by atoms with Gasteiger partial charge in [-0.05, 0) is 25.0 Å². The number of nitrogens with zero attached hydrogens (tertiary/aromatic N) is 2. The molecule has 3 heterocycles. The molecule has 2 saturated heterocycles. The van der Waals surface area contributed by atoms with Gasteiger partial charge in [-0.25, -0.2) is 0 Å². The van der Waals surface area contributed by atoms with Crippen LogP contribution in [-0.2, 0) is 16.1 Å². The van der Waals surface area contributed by atoms with E-state index >= 15 is 0 Å². The Morgan fingerprint density at radius 3 is 3.32 bits per heavy atom. The minimum absolute atomic E-state index is 0.00267. The van der Waals surface area contributed by atoms with Crippen molar-refractivity contribution in [2.75, 3.05) is 19.7 Å². The molecule has 0 aromatic carbocycles. The lowest BCUT2D eigenvalue weighted by molar-refractivity contribution is -0.140. The predicted octanol–water partition coefficient (Wildman–Crippen LogP) is 0.479. The topological polar surface area (TPSA) is 54.5 Å². The van der Waals surface area contributed by atoms with E-state index in [1.54, 1.807) is 0 Å². The van der Waals surface area contributed by atoms with Gasteiger partial charge in [0.15, 0.2) is 0 Å². The van der Waals surface area contributed by atoms with Crippen molar-refractivity contribution in [3.05, 3.63) is 29.6 Å². The normalized spacial score (nSPS) is 27.7. The first kappa shape index (κ1) is 12.6. The van der Waals surface area contributed by atoms with E-state index in [0.29, 0.717) is 0 Å². The lowest BCUT2D eigenvalue weighted by atomic mass is 10.00. The molecular formula is C14H19N3O2. The Morgan fingerprint density at radius 1 is 1.58 bits per heavy atom. The number of morpholine rings is 1. The molecular weight excluding hydrogens is 242 g/mol. The molecule has 2 atom stereocenters. The largest absolute Gasteiger partial charge is 0.366 e. The standard InChI is InChI=1S/C14H19N3O2/c1-10-3-2-5-15-11(10)7-17-6-4-13-12(8-17)16-14(18)9-19-13/h2-3,5,12-13H,4,6-9H2,1H3,(H,16,18)/t12-,13+/m0/s1. The number of amides is 1. The fraction of sp³-hybridized carbons (Fsp3) is 0.571. The lowest BCUT2D eigenvalue weighted by Crippen LogP contribution is -2.60. The molecule has 1 aromatic rings. The van der Waals surface area contributed by atoms with Gasteiger partial charge in [-0.3, -0.25) is 14.7 Å². The third-order valence-electron chi connectivity index (χ3n) is 3.90. The quantitative estimate of drug-likeness (QED) is 0.841. The maximum absolute atomic E-state index is 11.4. The number of aromatic nitrogens is 1. The summed E-state index contributed by atoms with van der Waals surface area (Å²) in [6.07, 6.45) is 2.98. The van der Waals surface area contributed by atoms with Gasteiger partial charge in [0.05, 0.1) is 17.8 Å². The Morgan fingerprint density at radius 2 is 2.47 bits per heavy atom. The minimum atomic E-state index is -0.00267. The van der Waals surface area contributed by atoms with E-state index in [-0.39, 0.29) is 24.7 Å². The fourth-order valence-corrected chi connectivity index (χ4v) is 2.81. The fourth-order valence-electron chi connectivity index (χ4n) is 2.81. The van der Waals surface area contributed by atoms with Crippen LogP contribution < -0.4 is 5.32 Å². The highest BCUT2D eigenvalue weighted by Crippen LogP contribution is 2.19. The summed E-state index contributed by atoms with van der Waals surface area (Å²) in [7, 11) is 0. The van der Waals surface area contributed by atoms with E-state index < -0.39 is 0 Å². The van der Waals surface area contributed by atoms with Crippen LogP contribution in [0, 0.1) is 6.92 Å². The van der Waals surface area contributed by atoms with Gasteiger partial charge in [-0.15, -0.1) is 0 Å². The van der Waals surface area contributed by atoms with Crippen molar-refractivity contribution in [2.24, 2.45) is 0 Å². The van der Waals surface area contributed by atoms with Gasteiger partial charge in [0.2, 0.25) is 5.91 Å². The Hall–Kier alpha value is -1.46. The lowest BCUT2D eigenvalue weighted by Gasteiger charge is -2.41. The average Bonchev–Trinajstić information content (AvgIpc) is 2.41. The van der Waals surface area contributed by atoms with Crippen LogP contribution in [0.5, 0.6) is 0 Å². The highest BCUT2D eigenvalue weighted by Gasteiger charge is 2.34. The van der Waals surface area contributed by atoms with Crippen molar-refractivity contribution in [3.63, 3.8) is 0 Å². The van der Waals surface area contributed by atoms with Crippen molar-refractivity contribution >= 4 is 5.91 Å². The second-order valence-corrected chi connectivity index (χ2v) is 5.31. The van der Waals surface area contributed by atoms with Crippen LogP contribution in [-0.4, -0.2) is 47.6 Å². The molecule has 0 bridgehead atoms. The Balaban J connectivity index is 1.64. The molecule has 0 saturated carbocycles. The monoisotopic (exact) mass is 261 g/mol. The van der Waals surface area contributed by atoms with Crippen molar-refractivity contribution in [1.82, 2.24) is 15.2 Å². The minimum Gasteiger partial charge on any atom is -0.366 e. The summed E-state index contributed by atoms with van der Waals surface area (Å²) < 4.78 is 5.56. The highest BCUT2D eigenvalue weighted by molar-refractivity contribution is 5.78. The van der Waals surface area contributed by atoms with Crippen LogP contribution in [0.3, 0.4) is 0 Å². The average molecular weight is 261 g/mol. The molecule has 19 heavy (non-hydrogen) atoms. The number of aryl methyl sites for hydroxylation is 1. The van der Waals surface area contributed by atoms with Gasteiger partial charge in [-0.1, -0.05) is 6.07 Å². The molecule has 3 rings (SSSR count). The van der Waals surface area contributed by atoms with E-state index in [9.17, 15) is 4.79 Å². The van der Waals surface area contributed by atoms with Crippen molar-refractivity contribution in [1.29, 1.82) is 0 Å². The molecule has 2 fully saturated rings. The Labute approximate surface area is 113 Å². The first-order chi connectivity index (χ1) is 9.22. The molecule has 5 nitrogen and oxygen atoms in total. The number of fused-ring (bicyclic) bond motifs is 1. The molecule has 2 aliphatic rings. The van der Waals surface area contributed by atoms with Gasteiger partial charge < -0.3 is 10.1 Å². The van der Waals surface area contributed by atoms with E-state index in [1.165, 1.54) is 5.56 Å². The molecule has 0 spiro atoms. The maximum atomic E-state index is 11.4. The highest BCUT2D eigenvalue weighted by atomic mass is 16.5. The molecule has 2 aliphatic heterocycles. The van der Waals surface area contributed by atoms with Gasteiger partial charge in [0, 0.05) is 25.8 Å². The van der Waals surface area contributed by atoms with Crippen LogP contribution in [0.2, 0.25) is 0 Å². The van der Waals surface area contributed by atoms with E-state index in [0.717, 1.165) is 31.7 Å². The predicted molar refractivity (Wildman–Crippen MR) is 70.5 cm³/mol. The third kappa shape index (κ3) is 2.77. The van der Waals surface area contributed by atoms with E-state index in [1.807, 2.05) is 12.3 Å². The second-order valence-electron chi connectivity index (χ2n) is 5.31. The number of carbonyl (C=O) groups is 1. The molecule has 0 unspecified atom stereocenters. The second kappa shape index (κ2) is 5.27. The van der Waals surface area contributed by atoms with Crippen LogP contribution in [0.15, 0.2) is 18.3 Å². The van der Waals surface area contributed by atoms with Gasteiger partial charge in [0.1, 0.15) is 6.61 Å². The summed E-state index contributed by atoms with van der Waals surface area (Å²) in [6, 6.07) is 4.17. The van der Waals surface area contributed by atoms with Crippen LogP contribution in [0.4, 0.5) is 0 Å². The molecule has 1 amide bonds. The van der Waals surface area contributed by atoms with Gasteiger partial charge >= 0.3 is 0 Å². The number of rotatable bonds is 2. The summed E-state index contributed by atoms with van der Waals surface area (Å²) in [6.45, 7) is 4.96. The molecule has 5 heteroatoms. The molecule has 0 aliphatic carbocycles. The molecule has 1 aromatic heterocycles. The van der Waals surface area contributed by atoms with Crippen molar-refractivity contribution < 1.29 is 9.53 Å². The number of piperidine rings is 1. The Bertz CT molecular complexity index is 478. The number of pyridine rings is 1. The van der Waals surface area contributed by atoms with Gasteiger partial charge in [-0.2, -0.15) is 0 Å². The smallest absolute Gasteiger partial charge is 0.246 e. The van der Waals surface area contributed by atoms with Crippen LogP contribution in [0.1, 0.15) is 17.7 Å². The number of likely N-dealkylation sites (tertiary alicyclic amines) is 1. The Kier molecular flexibility index (Phi) is 3.48. The number of hydrogen-bond acceptors (Lipinski definition) is 4. The number of nitrogens with one attached hydrogen (secondary N) is 1. The zero-order valence-electron chi connectivity index (χ0n) is 11.1. The SMILES string of the molecule is Cc1cccnc1CN1CC[C@H]2OCC(=O)N[C@H]2C1. The van der Waals surface area contributed by atoms with Crippen LogP contribution >= 0.6 is 0 Å². The third-order valence-corrected chi connectivity index (χ3v) is 3.90. The summed E-state index contributed by atoms with van der Waals surface area (Å²) in [5.74, 6) is -0.00267. The van der Waals surface area contributed by atoms with E-state index in [4.69, 9.17) is 4.74 Å². The first-order valence-corrected chi connectivity index (χ1v) is 6.76. The van der Waals surface area contributed by atoms with Gasteiger partial charge in [0.25, 0.3) is 0 Å². The molecule has 0 radical (unpaired) electrons. The molecule has 1 N–H and O–H groups in total. The summed E-state index contributed by atoms with van der Waals surface area (Å²) >= 11 is 0. The van der Waals surface area contributed by atoms with E-state index in [2.05, 4.69) is 28.2 Å². The van der Waals surface area contributed by atoms with Crippen LogP contribution in [0.25, 0.3) is 0 Å². The number of ether oxygens (including phenoxy) is 1. The van der Waals surface area contributed by atoms with Crippen molar-refractivity contribution in [2.45, 2.75) is 32.0 Å². The number of hydrogen-bond donors (Lipinski definition) is 1. The summed E-state index contributed by atoms with van der Waals surface area (Å²) in [5.41, 5.74) is 2.33. The zero-order valence-corrected chi connectivity index (χ0v) is 11.1. The number of carbonyl (C=O) groups excluding carboxylic acids is 1. The summed E-state index contributed by atoms with van der Waals surface area (Å²) in [4.78, 5) is 18.1. The zero-order chi connectivity index (χ0) is 13.2. The molecule has 102 valence electrons. The summed E-state index contributed by atoms with van der Waals surface area (Å²) in [5, 5.41) is 3.02. The first-order valence-electron chi connectivity index (χ1n) is 6.76. The maximum Gasteiger partial charge on any atom is 0.246 e.